The molecule has 0 bridgehead atoms. The van der Waals surface area contributed by atoms with Gasteiger partial charge in [-0.3, -0.25) is 9.59 Å². The molecule has 0 aliphatic carbocycles. The van der Waals surface area contributed by atoms with Crippen LogP contribution in [0.15, 0.2) is 0 Å². The third-order valence-corrected chi connectivity index (χ3v) is 1.20. The fourth-order valence-corrected chi connectivity index (χ4v) is 0.567. The zero-order valence-electron chi connectivity index (χ0n) is 9.11. The lowest BCUT2D eigenvalue weighted by molar-refractivity contribution is -0.137. The number of hydrogen-bond donors (Lipinski definition) is 6. The van der Waals surface area contributed by atoms with Crippen molar-refractivity contribution < 1.29 is 19.8 Å². The zero-order chi connectivity index (χ0) is 12.8. The first-order chi connectivity index (χ1) is 7.54. The Morgan fingerprint density at radius 3 is 1.38 bits per heavy atom. The number of hydrogen-bond acceptors (Lipinski definition) is 6. The van der Waals surface area contributed by atoms with E-state index in [1.54, 1.807) is 0 Å². The van der Waals surface area contributed by atoms with Gasteiger partial charge >= 0.3 is 11.9 Å². The van der Waals surface area contributed by atoms with Crippen LogP contribution in [0.5, 0.6) is 0 Å². The smallest absolute Gasteiger partial charge is 0.317 e. The highest BCUT2D eigenvalue weighted by Gasteiger charge is 1.95. The minimum Gasteiger partial charge on any atom is -0.480 e. The second-order valence-corrected chi connectivity index (χ2v) is 2.72. The van der Waals surface area contributed by atoms with Crippen molar-refractivity contribution in [2.75, 3.05) is 39.3 Å². The zero-order valence-corrected chi connectivity index (χ0v) is 9.11. The first-order valence-corrected chi connectivity index (χ1v) is 4.79. The molecule has 0 heterocycles. The highest BCUT2D eigenvalue weighted by atomic mass is 16.4. The second kappa shape index (κ2) is 13.8. The van der Waals surface area contributed by atoms with Gasteiger partial charge in [0.2, 0.25) is 0 Å². The molecule has 0 amide bonds. The molecule has 16 heavy (non-hydrogen) atoms. The van der Waals surface area contributed by atoms with Gasteiger partial charge in [-0.15, -0.1) is 0 Å². The van der Waals surface area contributed by atoms with E-state index < -0.39 is 11.9 Å². The van der Waals surface area contributed by atoms with E-state index in [0.29, 0.717) is 26.2 Å². The molecule has 0 atom stereocenters. The van der Waals surface area contributed by atoms with Crippen molar-refractivity contribution in [1.29, 1.82) is 0 Å². The largest absolute Gasteiger partial charge is 0.480 e. The Bertz CT molecular complexity index is 169. The minimum absolute atomic E-state index is 0.102. The van der Waals surface area contributed by atoms with E-state index in [0.717, 1.165) is 0 Å². The van der Waals surface area contributed by atoms with Crippen LogP contribution >= 0.6 is 0 Å². The first-order valence-electron chi connectivity index (χ1n) is 4.79. The lowest BCUT2D eigenvalue weighted by Gasteiger charge is -2.01. The normalized spacial score (nSPS) is 9.12. The number of carboxylic acid groups (broad SMARTS) is 2. The van der Waals surface area contributed by atoms with Crippen LogP contribution in [0, 0.1) is 0 Å². The van der Waals surface area contributed by atoms with Crippen LogP contribution in [0.3, 0.4) is 0 Å². The van der Waals surface area contributed by atoms with Crippen LogP contribution in [0.1, 0.15) is 0 Å². The first kappa shape index (κ1) is 17.2. The van der Waals surface area contributed by atoms with Crippen LogP contribution in [0.2, 0.25) is 0 Å². The summed E-state index contributed by atoms with van der Waals surface area (Å²) in [4.78, 5) is 19.9. The highest BCUT2D eigenvalue weighted by Crippen LogP contribution is 1.63. The van der Waals surface area contributed by atoms with Crippen molar-refractivity contribution in [2.24, 2.45) is 11.5 Å². The van der Waals surface area contributed by atoms with E-state index in [9.17, 15) is 9.59 Å². The number of nitrogens with two attached hydrogens (primary N) is 2. The van der Waals surface area contributed by atoms with E-state index in [2.05, 4.69) is 10.6 Å². The Balaban J connectivity index is 0. The molecule has 0 rings (SSSR count). The number of nitrogens with one attached hydrogen (secondary N) is 2. The summed E-state index contributed by atoms with van der Waals surface area (Å²) in [7, 11) is 0. The van der Waals surface area contributed by atoms with Crippen molar-refractivity contribution >= 4 is 11.9 Å². The fourth-order valence-electron chi connectivity index (χ4n) is 0.567. The van der Waals surface area contributed by atoms with Gasteiger partial charge in [-0.2, -0.15) is 0 Å². The Hall–Kier alpha value is -1.22. The van der Waals surface area contributed by atoms with Gasteiger partial charge in [0.05, 0.1) is 13.1 Å². The van der Waals surface area contributed by atoms with Crippen LogP contribution in [0.4, 0.5) is 0 Å². The van der Waals surface area contributed by atoms with Crippen molar-refractivity contribution in [3.05, 3.63) is 0 Å². The van der Waals surface area contributed by atoms with Crippen molar-refractivity contribution in [3.8, 4) is 0 Å². The molecule has 0 saturated heterocycles. The molecule has 0 spiro atoms. The molecular weight excluding hydrogens is 216 g/mol. The number of carboxylic acids is 2. The number of carbonyl (C=O) groups is 2. The average Bonchev–Trinajstić information content (AvgIpc) is 2.23. The molecule has 0 aliphatic rings. The molecule has 8 heteroatoms. The molecule has 96 valence electrons. The standard InChI is InChI=1S/C6H12N2O4.C2H8N2/c9-5(10)3-7-1-2-8-4-6(11)12;3-1-2-4/h7-8H,1-4H2,(H,9,10)(H,11,12);1-4H2. The van der Waals surface area contributed by atoms with Crippen molar-refractivity contribution in [2.45, 2.75) is 0 Å². The summed E-state index contributed by atoms with van der Waals surface area (Å²) in [5.41, 5.74) is 9.81. The molecule has 0 aliphatic heterocycles. The van der Waals surface area contributed by atoms with Crippen molar-refractivity contribution in [1.82, 2.24) is 10.6 Å². The van der Waals surface area contributed by atoms with E-state index in [-0.39, 0.29) is 13.1 Å². The molecule has 8 N–H and O–H groups in total. The monoisotopic (exact) mass is 236 g/mol. The number of aliphatic carboxylic acids is 2. The Morgan fingerprint density at radius 2 is 1.19 bits per heavy atom. The maximum atomic E-state index is 9.96. The maximum absolute atomic E-state index is 9.96. The van der Waals surface area contributed by atoms with Gasteiger partial charge in [0.25, 0.3) is 0 Å². The quantitative estimate of drug-likeness (QED) is 0.248. The third kappa shape index (κ3) is 23.0. The Kier molecular flexibility index (Phi) is 14.8. The Morgan fingerprint density at radius 1 is 0.875 bits per heavy atom. The third-order valence-electron chi connectivity index (χ3n) is 1.20. The molecule has 0 saturated carbocycles. The van der Waals surface area contributed by atoms with Gasteiger partial charge < -0.3 is 32.3 Å². The second-order valence-electron chi connectivity index (χ2n) is 2.72. The fraction of sp³-hybridized carbons (Fsp3) is 0.750. The topological polar surface area (TPSA) is 151 Å². The van der Waals surface area contributed by atoms with Gasteiger partial charge in [-0.05, 0) is 0 Å². The molecule has 0 aromatic carbocycles. The van der Waals surface area contributed by atoms with Gasteiger partial charge in [-0.25, -0.2) is 0 Å². The van der Waals surface area contributed by atoms with E-state index >= 15 is 0 Å². The summed E-state index contributed by atoms with van der Waals surface area (Å²) in [5.74, 6) is -1.85. The van der Waals surface area contributed by atoms with E-state index in [4.69, 9.17) is 21.7 Å². The molecule has 0 radical (unpaired) electrons. The maximum Gasteiger partial charge on any atom is 0.317 e. The predicted molar refractivity (Wildman–Crippen MR) is 59.1 cm³/mol. The van der Waals surface area contributed by atoms with Crippen molar-refractivity contribution in [3.63, 3.8) is 0 Å². The molecular formula is C8H20N4O4. The van der Waals surface area contributed by atoms with Crippen LogP contribution in [0.25, 0.3) is 0 Å². The predicted octanol–water partition coefficient (Wildman–Crippen LogP) is -2.76. The molecule has 8 nitrogen and oxygen atoms in total. The lowest BCUT2D eigenvalue weighted by atomic mass is 10.5. The van der Waals surface area contributed by atoms with Gasteiger partial charge in [0.15, 0.2) is 0 Å². The summed E-state index contributed by atoms with van der Waals surface area (Å²) in [6.07, 6.45) is 0. The van der Waals surface area contributed by atoms with Crippen LogP contribution < -0.4 is 22.1 Å². The molecule has 0 unspecified atom stereocenters. The van der Waals surface area contributed by atoms with Crippen LogP contribution in [-0.2, 0) is 9.59 Å². The van der Waals surface area contributed by atoms with Crippen LogP contribution in [-0.4, -0.2) is 61.4 Å². The number of rotatable bonds is 8. The Labute approximate surface area is 94.0 Å². The highest BCUT2D eigenvalue weighted by molar-refractivity contribution is 5.69. The summed E-state index contributed by atoms with van der Waals surface area (Å²) in [6, 6.07) is 0. The van der Waals surface area contributed by atoms with E-state index in [1.807, 2.05) is 0 Å². The lowest BCUT2D eigenvalue weighted by Crippen LogP contribution is -2.33. The summed E-state index contributed by atoms with van der Waals surface area (Å²) in [5, 5.41) is 21.6. The summed E-state index contributed by atoms with van der Waals surface area (Å²) < 4.78 is 0. The summed E-state index contributed by atoms with van der Waals surface area (Å²) in [6.45, 7) is 1.88. The van der Waals surface area contributed by atoms with Gasteiger partial charge in [0.1, 0.15) is 0 Å². The molecule has 0 aromatic rings. The van der Waals surface area contributed by atoms with Gasteiger partial charge in [-0.1, -0.05) is 0 Å². The molecule has 0 fully saturated rings. The average molecular weight is 236 g/mol. The minimum atomic E-state index is -0.923. The van der Waals surface area contributed by atoms with E-state index in [1.165, 1.54) is 0 Å². The van der Waals surface area contributed by atoms with Gasteiger partial charge in [0, 0.05) is 26.2 Å². The summed E-state index contributed by atoms with van der Waals surface area (Å²) >= 11 is 0. The molecule has 0 aromatic heterocycles. The SMILES string of the molecule is NCCN.O=C(O)CNCCNCC(=O)O.